The molecule has 1 aliphatic rings. The van der Waals surface area contributed by atoms with Crippen molar-refractivity contribution in [3.63, 3.8) is 0 Å². The first-order valence-corrected chi connectivity index (χ1v) is 9.08. The lowest BCUT2D eigenvalue weighted by atomic mass is 10.0. The smallest absolute Gasteiger partial charge is 0.125 e. The molecule has 0 spiro atoms. The van der Waals surface area contributed by atoms with Gasteiger partial charge in [-0.1, -0.05) is 18.2 Å². The number of hydrogen-bond donors (Lipinski definition) is 0. The van der Waals surface area contributed by atoms with Gasteiger partial charge in [-0.15, -0.1) is 0 Å². The van der Waals surface area contributed by atoms with Gasteiger partial charge in [0.2, 0.25) is 0 Å². The molecule has 1 heterocycles. The fourth-order valence-electron chi connectivity index (χ4n) is 3.49. The van der Waals surface area contributed by atoms with Gasteiger partial charge >= 0.3 is 0 Å². The van der Waals surface area contributed by atoms with Gasteiger partial charge in [0.1, 0.15) is 11.6 Å². The van der Waals surface area contributed by atoms with Crippen LogP contribution in [0.15, 0.2) is 48.5 Å². The summed E-state index contributed by atoms with van der Waals surface area (Å²) in [6.07, 6.45) is 2.19. The fraction of sp³-hybridized carbons (Fsp3) is 0.429. The molecule has 0 saturated carbocycles. The van der Waals surface area contributed by atoms with Gasteiger partial charge in [0, 0.05) is 18.3 Å². The molecule has 0 atom stereocenters. The summed E-state index contributed by atoms with van der Waals surface area (Å²) in [6.45, 7) is 5.57. The number of piperidine rings is 1. The maximum absolute atomic E-state index is 13.8. The van der Waals surface area contributed by atoms with Crippen LogP contribution in [0.4, 0.5) is 10.1 Å². The molecule has 1 saturated heterocycles. The van der Waals surface area contributed by atoms with Gasteiger partial charge in [0.05, 0.1) is 6.61 Å². The third-order valence-corrected chi connectivity index (χ3v) is 4.83. The van der Waals surface area contributed by atoms with Gasteiger partial charge in [-0.3, -0.25) is 0 Å². The molecule has 3 nitrogen and oxygen atoms in total. The molecule has 4 heteroatoms. The van der Waals surface area contributed by atoms with Crippen molar-refractivity contribution in [2.45, 2.75) is 32.4 Å². The predicted octanol–water partition coefficient (Wildman–Crippen LogP) is 4.33. The summed E-state index contributed by atoms with van der Waals surface area (Å²) < 4.78 is 19.4. The summed E-state index contributed by atoms with van der Waals surface area (Å²) in [5.74, 6) is 0.709. The van der Waals surface area contributed by atoms with Crippen molar-refractivity contribution in [1.82, 2.24) is 4.90 Å². The molecular formula is C21H27FN2O. The largest absolute Gasteiger partial charge is 0.494 e. The molecule has 1 fully saturated rings. The van der Waals surface area contributed by atoms with E-state index >= 15 is 0 Å². The highest BCUT2D eigenvalue weighted by Gasteiger charge is 2.24. The molecule has 0 N–H and O–H groups in total. The van der Waals surface area contributed by atoms with Crippen molar-refractivity contribution in [2.24, 2.45) is 0 Å². The van der Waals surface area contributed by atoms with Gasteiger partial charge in [0.25, 0.3) is 0 Å². The minimum absolute atomic E-state index is 0.182. The second kappa shape index (κ2) is 8.34. The average Bonchev–Trinajstić information content (AvgIpc) is 2.61. The Labute approximate surface area is 150 Å². The van der Waals surface area contributed by atoms with Crippen molar-refractivity contribution >= 4 is 5.69 Å². The Bertz CT molecular complexity index is 683. The highest BCUT2D eigenvalue weighted by atomic mass is 19.1. The minimum atomic E-state index is -0.182. The molecule has 3 rings (SSSR count). The lowest BCUT2D eigenvalue weighted by Gasteiger charge is -2.39. The van der Waals surface area contributed by atoms with Crippen LogP contribution in [0.1, 0.15) is 25.3 Å². The van der Waals surface area contributed by atoms with Crippen LogP contribution in [0.3, 0.4) is 0 Å². The Kier molecular flexibility index (Phi) is 5.92. The molecule has 134 valence electrons. The highest BCUT2D eigenvalue weighted by Crippen LogP contribution is 2.27. The van der Waals surface area contributed by atoms with Crippen LogP contribution in [-0.4, -0.2) is 37.7 Å². The van der Waals surface area contributed by atoms with E-state index in [2.05, 4.69) is 29.0 Å². The second-order valence-electron chi connectivity index (χ2n) is 6.72. The van der Waals surface area contributed by atoms with Crippen LogP contribution in [0.5, 0.6) is 5.75 Å². The standard InChI is InChI=1S/C21H27FN2O/c1-3-25-21-9-4-6-17(14-21)16-24(19-10-12-23(2)13-11-19)20-8-5-7-18(22)15-20/h4-9,14-15,19H,3,10-13,16H2,1-2H3. The van der Waals surface area contributed by atoms with E-state index in [0.29, 0.717) is 12.6 Å². The lowest BCUT2D eigenvalue weighted by molar-refractivity contribution is 0.249. The Morgan fingerprint density at radius 1 is 1.12 bits per heavy atom. The monoisotopic (exact) mass is 342 g/mol. The normalized spacial score (nSPS) is 16.0. The summed E-state index contributed by atoms with van der Waals surface area (Å²) in [6, 6.07) is 15.6. The number of anilines is 1. The number of ether oxygens (including phenoxy) is 1. The van der Waals surface area contributed by atoms with Crippen LogP contribution < -0.4 is 9.64 Å². The van der Waals surface area contributed by atoms with Crippen molar-refractivity contribution in [3.05, 3.63) is 59.9 Å². The molecule has 25 heavy (non-hydrogen) atoms. The van der Waals surface area contributed by atoms with E-state index < -0.39 is 0 Å². The van der Waals surface area contributed by atoms with Crippen LogP contribution >= 0.6 is 0 Å². The molecule has 0 aromatic heterocycles. The Morgan fingerprint density at radius 3 is 2.60 bits per heavy atom. The number of likely N-dealkylation sites (tertiary alicyclic amines) is 1. The fourth-order valence-corrected chi connectivity index (χ4v) is 3.49. The van der Waals surface area contributed by atoms with E-state index in [-0.39, 0.29) is 5.82 Å². The third kappa shape index (κ3) is 4.73. The van der Waals surface area contributed by atoms with E-state index in [1.807, 2.05) is 25.1 Å². The molecule has 0 amide bonds. The number of hydrogen-bond acceptors (Lipinski definition) is 3. The maximum Gasteiger partial charge on any atom is 0.125 e. The minimum Gasteiger partial charge on any atom is -0.494 e. The Balaban J connectivity index is 1.84. The molecule has 0 aliphatic carbocycles. The van der Waals surface area contributed by atoms with Crippen LogP contribution in [0, 0.1) is 5.82 Å². The zero-order valence-electron chi connectivity index (χ0n) is 15.1. The molecular weight excluding hydrogens is 315 g/mol. The van der Waals surface area contributed by atoms with Gasteiger partial charge in [-0.05, 0) is 75.8 Å². The summed E-state index contributed by atoms with van der Waals surface area (Å²) in [4.78, 5) is 4.71. The second-order valence-corrected chi connectivity index (χ2v) is 6.72. The Hall–Kier alpha value is -2.07. The third-order valence-electron chi connectivity index (χ3n) is 4.83. The Morgan fingerprint density at radius 2 is 1.88 bits per heavy atom. The summed E-state index contributed by atoms with van der Waals surface area (Å²) >= 11 is 0. The van der Waals surface area contributed by atoms with Gasteiger partial charge < -0.3 is 14.5 Å². The zero-order valence-corrected chi connectivity index (χ0v) is 15.1. The van der Waals surface area contributed by atoms with Crippen molar-refractivity contribution < 1.29 is 9.13 Å². The molecule has 0 unspecified atom stereocenters. The number of benzene rings is 2. The van der Waals surface area contributed by atoms with Gasteiger partial charge in [-0.25, -0.2) is 4.39 Å². The summed E-state index contributed by atoms with van der Waals surface area (Å²) in [7, 11) is 2.16. The lowest BCUT2D eigenvalue weighted by Crippen LogP contribution is -2.43. The van der Waals surface area contributed by atoms with E-state index in [0.717, 1.165) is 43.9 Å². The first-order valence-electron chi connectivity index (χ1n) is 9.08. The molecule has 0 bridgehead atoms. The first kappa shape index (κ1) is 17.7. The van der Waals surface area contributed by atoms with Crippen molar-refractivity contribution in [2.75, 3.05) is 31.6 Å². The number of rotatable bonds is 6. The van der Waals surface area contributed by atoms with Gasteiger partial charge in [0.15, 0.2) is 0 Å². The number of nitrogens with zero attached hydrogens (tertiary/aromatic N) is 2. The van der Waals surface area contributed by atoms with Crippen LogP contribution in [-0.2, 0) is 6.54 Å². The molecule has 1 aliphatic heterocycles. The van der Waals surface area contributed by atoms with E-state index in [1.165, 1.54) is 11.6 Å². The van der Waals surface area contributed by atoms with E-state index in [1.54, 1.807) is 12.1 Å². The summed E-state index contributed by atoms with van der Waals surface area (Å²) in [5, 5.41) is 0. The quantitative estimate of drug-likeness (QED) is 0.777. The predicted molar refractivity (Wildman–Crippen MR) is 101 cm³/mol. The zero-order chi connectivity index (χ0) is 17.6. The topological polar surface area (TPSA) is 15.7 Å². The van der Waals surface area contributed by atoms with Gasteiger partial charge in [-0.2, -0.15) is 0 Å². The number of halogens is 1. The average molecular weight is 342 g/mol. The first-order chi connectivity index (χ1) is 12.2. The molecule has 0 radical (unpaired) electrons. The van der Waals surface area contributed by atoms with Crippen LogP contribution in [0.25, 0.3) is 0 Å². The van der Waals surface area contributed by atoms with E-state index in [4.69, 9.17) is 4.74 Å². The van der Waals surface area contributed by atoms with Crippen molar-refractivity contribution in [1.29, 1.82) is 0 Å². The highest BCUT2D eigenvalue weighted by molar-refractivity contribution is 5.48. The van der Waals surface area contributed by atoms with Crippen molar-refractivity contribution in [3.8, 4) is 5.75 Å². The van der Waals surface area contributed by atoms with Crippen LogP contribution in [0.2, 0.25) is 0 Å². The molecule has 2 aromatic carbocycles. The van der Waals surface area contributed by atoms with E-state index in [9.17, 15) is 4.39 Å². The summed E-state index contributed by atoms with van der Waals surface area (Å²) in [5.41, 5.74) is 2.14. The molecule has 2 aromatic rings. The maximum atomic E-state index is 13.8. The SMILES string of the molecule is CCOc1cccc(CN(c2cccc(F)c2)C2CCN(C)CC2)c1.